The summed E-state index contributed by atoms with van der Waals surface area (Å²) in [6, 6.07) is 10.7. The minimum Gasteiger partial charge on any atom is -0.126 e. The summed E-state index contributed by atoms with van der Waals surface area (Å²) >= 11 is 6.14. The number of benzene rings is 1. The topological polar surface area (TPSA) is 0 Å². The zero-order valence-corrected chi connectivity index (χ0v) is 11.9. The predicted octanol–water partition coefficient (Wildman–Crippen LogP) is 5.62. The monoisotopic (exact) mass is 252 g/mol. The van der Waals surface area contributed by atoms with Crippen molar-refractivity contribution >= 4 is 11.6 Å². The van der Waals surface area contributed by atoms with Gasteiger partial charge >= 0.3 is 0 Å². The second kappa shape index (κ2) is 8.58. The molecule has 0 aromatic heterocycles. The van der Waals surface area contributed by atoms with E-state index in [1.165, 1.54) is 37.7 Å². The molecule has 0 amide bonds. The average Bonchev–Trinajstić information content (AvgIpc) is 2.40. The van der Waals surface area contributed by atoms with Crippen molar-refractivity contribution in [1.29, 1.82) is 0 Å². The van der Waals surface area contributed by atoms with Crippen LogP contribution in [0, 0.1) is 5.92 Å². The van der Waals surface area contributed by atoms with E-state index >= 15 is 0 Å². The average molecular weight is 253 g/mol. The summed E-state index contributed by atoms with van der Waals surface area (Å²) in [7, 11) is 0. The first-order valence-corrected chi connectivity index (χ1v) is 7.46. The summed E-state index contributed by atoms with van der Waals surface area (Å²) in [6.45, 7) is 4.57. The summed E-state index contributed by atoms with van der Waals surface area (Å²) in [5, 5.41) is 0. The SMILES string of the molecule is CCCCC(CC)CC(CCl)c1ccccc1. The van der Waals surface area contributed by atoms with Gasteiger partial charge in [-0.05, 0) is 23.8 Å². The Labute approximate surface area is 111 Å². The fourth-order valence-corrected chi connectivity index (χ4v) is 2.70. The van der Waals surface area contributed by atoms with Gasteiger partial charge in [-0.15, -0.1) is 11.6 Å². The fourth-order valence-electron chi connectivity index (χ4n) is 2.40. The largest absolute Gasteiger partial charge is 0.126 e. The normalized spacial score (nSPS) is 14.5. The molecule has 0 radical (unpaired) electrons. The number of hydrogen-bond acceptors (Lipinski definition) is 0. The van der Waals surface area contributed by atoms with Crippen LogP contribution in [0.1, 0.15) is 57.4 Å². The van der Waals surface area contributed by atoms with Crippen molar-refractivity contribution in [2.45, 2.75) is 51.9 Å². The molecular formula is C16H25Cl. The van der Waals surface area contributed by atoms with E-state index in [1.807, 2.05) is 0 Å². The standard InChI is InChI=1S/C16H25Cl/c1-3-5-9-14(4-2)12-16(13-17)15-10-7-6-8-11-15/h6-8,10-11,14,16H,3-5,9,12-13H2,1-2H3. The van der Waals surface area contributed by atoms with Gasteiger partial charge in [0, 0.05) is 5.88 Å². The quantitative estimate of drug-likeness (QED) is 0.527. The summed E-state index contributed by atoms with van der Waals surface area (Å²) in [4.78, 5) is 0. The second-order valence-electron chi connectivity index (χ2n) is 4.91. The number of unbranched alkanes of at least 4 members (excludes halogenated alkanes) is 1. The highest BCUT2D eigenvalue weighted by atomic mass is 35.5. The first-order chi connectivity index (χ1) is 8.31. The van der Waals surface area contributed by atoms with Gasteiger partial charge in [0.15, 0.2) is 0 Å². The maximum atomic E-state index is 6.14. The zero-order valence-electron chi connectivity index (χ0n) is 11.2. The molecule has 0 spiro atoms. The maximum absolute atomic E-state index is 6.14. The van der Waals surface area contributed by atoms with E-state index in [1.54, 1.807) is 0 Å². The van der Waals surface area contributed by atoms with E-state index in [0.29, 0.717) is 5.92 Å². The predicted molar refractivity (Wildman–Crippen MR) is 77.8 cm³/mol. The molecular weight excluding hydrogens is 228 g/mol. The molecule has 1 aromatic rings. The molecule has 2 atom stereocenters. The van der Waals surface area contributed by atoms with Crippen LogP contribution >= 0.6 is 11.6 Å². The number of alkyl halides is 1. The molecule has 0 aliphatic carbocycles. The van der Waals surface area contributed by atoms with Crippen molar-refractivity contribution in [3.63, 3.8) is 0 Å². The highest BCUT2D eigenvalue weighted by Crippen LogP contribution is 2.29. The van der Waals surface area contributed by atoms with Crippen LogP contribution in [0.4, 0.5) is 0 Å². The van der Waals surface area contributed by atoms with Gasteiger partial charge in [0.25, 0.3) is 0 Å². The minimum atomic E-state index is 0.527. The van der Waals surface area contributed by atoms with Crippen LogP contribution < -0.4 is 0 Å². The van der Waals surface area contributed by atoms with Crippen LogP contribution in [-0.2, 0) is 0 Å². The van der Waals surface area contributed by atoms with E-state index in [4.69, 9.17) is 11.6 Å². The summed E-state index contributed by atoms with van der Waals surface area (Å²) in [6.07, 6.45) is 6.52. The number of rotatable bonds is 8. The molecule has 0 nitrogen and oxygen atoms in total. The second-order valence-corrected chi connectivity index (χ2v) is 5.22. The van der Waals surface area contributed by atoms with E-state index in [9.17, 15) is 0 Å². The Balaban J connectivity index is 2.56. The van der Waals surface area contributed by atoms with Crippen molar-refractivity contribution in [1.82, 2.24) is 0 Å². The molecule has 0 saturated heterocycles. The van der Waals surface area contributed by atoms with Gasteiger partial charge in [0.2, 0.25) is 0 Å². The number of halogens is 1. The zero-order chi connectivity index (χ0) is 12.5. The minimum absolute atomic E-state index is 0.527. The van der Waals surface area contributed by atoms with Gasteiger partial charge < -0.3 is 0 Å². The van der Waals surface area contributed by atoms with Gasteiger partial charge in [0.05, 0.1) is 0 Å². The Morgan fingerprint density at radius 1 is 1.12 bits per heavy atom. The molecule has 0 saturated carbocycles. The van der Waals surface area contributed by atoms with Crippen molar-refractivity contribution in [3.05, 3.63) is 35.9 Å². The van der Waals surface area contributed by atoms with Crippen molar-refractivity contribution in [2.24, 2.45) is 5.92 Å². The molecule has 1 aromatic carbocycles. The molecule has 0 heterocycles. The van der Waals surface area contributed by atoms with Gasteiger partial charge in [-0.3, -0.25) is 0 Å². The van der Waals surface area contributed by atoms with Crippen LogP contribution in [0.15, 0.2) is 30.3 Å². The molecule has 0 aliphatic heterocycles. The molecule has 0 N–H and O–H groups in total. The molecule has 2 unspecified atom stereocenters. The Morgan fingerprint density at radius 3 is 2.35 bits per heavy atom. The lowest BCUT2D eigenvalue weighted by Gasteiger charge is -2.21. The molecule has 17 heavy (non-hydrogen) atoms. The van der Waals surface area contributed by atoms with Crippen LogP contribution in [0.3, 0.4) is 0 Å². The van der Waals surface area contributed by atoms with Crippen LogP contribution in [0.5, 0.6) is 0 Å². The summed E-state index contributed by atoms with van der Waals surface area (Å²) < 4.78 is 0. The first kappa shape index (κ1) is 14.6. The number of hydrogen-bond donors (Lipinski definition) is 0. The molecule has 0 bridgehead atoms. The molecule has 1 rings (SSSR count). The van der Waals surface area contributed by atoms with Crippen LogP contribution in [-0.4, -0.2) is 5.88 Å². The van der Waals surface area contributed by atoms with Gasteiger partial charge in [-0.25, -0.2) is 0 Å². The van der Waals surface area contributed by atoms with E-state index < -0.39 is 0 Å². The van der Waals surface area contributed by atoms with Gasteiger partial charge in [-0.1, -0.05) is 69.9 Å². The smallest absolute Gasteiger partial charge is 0.0292 e. The lowest BCUT2D eigenvalue weighted by Crippen LogP contribution is -2.09. The third-order valence-electron chi connectivity index (χ3n) is 3.62. The molecule has 96 valence electrons. The summed E-state index contributed by atoms with van der Waals surface area (Å²) in [5.41, 5.74) is 1.40. The summed E-state index contributed by atoms with van der Waals surface area (Å²) in [5.74, 6) is 2.10. The Bertz CT molecular complexity index is 281. The Hall–Kier alpha value is -0.490. The van der Waals surface area contributed by atoms with Crippen LogP contribution in [0.25, 0.3) is 0 Å². The lowest BCUT2D eigenvalue weighted by atomic mass is 9.86. The molecule has 1 heteroatoms. The molecule has 0 fully saturated rings. The first-order valence-electron chi connectivity index (χ1n) is 6.92. The maximum Gasteiger partial charge on any atom is 0.0292 e. The van der Waals surface area contributed by atoms with E-state index in [-0.39, 0.29) is 0 Å². The van der Waals surface area contributed by atoms with E-state index in [0.717, 1.165) is 11.8 Å². The van der Waals surface area contributed by atoms with Crippen molar-refractivity contribution < 1.29 is 0 Å². The Kier molecular flexibility index (Phi) is 7.35. The molecule has 0 aliphatic rings. The van der Waals surface area contributed by atoms with Crippen molar-refractivity contribution in [3.8, 4) is 0 Å². The van der Waals surface area contributed by atoms with E-state index in [2.05, 4.69) is 44.2 Å². The lowest BCUT2D eigenvalue weighted by molar-refractivity contribution is 0.396. The highest BCUT2D eigenvalue weighted by molar-refractivity contribution is 6.18. The van der Waals surface area contributed by atoms with Crippen LogP contribution in [0.2, 0.25) is 0 Å². The Morgan fingerprint density at radius 2 is 1.82 bits per heavy atom. The fraction of sp³-hybridized carbons (Fsp3) is 0.625. The van der Waals surface area contributed by atoms with Gasteiger partial charge in [0.1, 0.15) is 0 Å². The third-order valence-corrected chi connectivity index (χ3v) is 3.99. The highest BCUT2D eigenvalue weighted by Gasteiger charge is 2.15. The van der Waals surface area contributed by atoms with Gasteiger partial charge in [-0.2, -0.15) is 0 Å². The van der Waals surface area contributed by atoms with Crippen molar-refractivity contribution in [2.75, 3.05) is 5.88 Å². The third kappa shape index (κ3) is 5.12.